The van der Waals surface area contributed by atoms with Gasteiger partial charge in [0.25, 0.3) is 5.91 Å². The van der Waals surface area contributed by atoms with E-state index in [1.165, 1.54) is 0 Å². The third kappa shape index (κ3) is 15.7. The van der Waals surface area contributed by atoms with E-state index in [2.05, 4.69) is 39.6 Å². The van der Waals surface area contributed by atoms with E-state index in [0.717, 1.165) is 24.3 Å². The number of ether oxygens (including phenoxy) is 1. The standard InChI is InChI=1S/C14H21NO2.C12H24N2O4.CH2O/c1-9(2)11(4)15-14(16)12-7-6-8-13(17-5)10(12)3;1-5-7-13-10(4)12(16)14-9(3)8-11(15)18-17-6-2;1-2/h6-9,11H,1-5H3,(H,15,16);9-10,13H,5-8H2,1-4H3,(H,14,16);1H2/t;9-,10+;/m.1./s1. The van der Waals surface area contributed by atoms with Gasteiger partial charge < -0.3 is 25.5 Å². The van der Waals surface area contributed by atoms with E-state index in [9.17, 15) is 14.4 Å². The highest BCUT2D eigenvalue weighted by molar-refractivity contribution is 5.96. The number of nitrogens with one attached hydrogen (secondary N) is 3. The van der Waals surface area contributed by atoms with Crippen LogP contribution in [-0.2, 0) is 24.2 Å². The van der Waals surface area contributed by atoms with Crippen LogP contribution in [-0.4, -0.2) is 63.0 Å². The first-order chi connectivity index (χ1) is 17.5. The van der Waals surface area contributed by atoms with Crippen LogP contribution in [0.25, 0.3) is 0 Å². The first-order valence-electron chi connectivity index (χ1n) is 12.6. The molecule has 10 nitrogen and oxygen atoms in total. The van der Waals surface area contributed by atoms with Crippen LogP contribution >= 0.6 is 0 Å². The first-order valence-corrected chi connectivity index (χ1v) is 12.6. The highest BCUT2D eigenvalue weighted by Crippen LogP contribution is 2.21. The van der Waals surface area contributed by atoms with Crippen molar-refractivity contribution >= 4 is 24.6 Å². The molecule has 0 aromatic heterocycles. The number of carbonyl (C=O) groups is 4. The topological polar surface area (TPSA) is 132 Å². The molecule has 0 fully saturated rings. The van der Waals surface area contributed by atoms with Gasteiger partial charge in [0.1, 0.15) is 12.5 Å². The van der Waals surface area contributed by atoms with E-state index >= 15 is 0 Å². The number of rotatable bonds is 13. The Bertz CT molecular complexity index is 802. The molecule has 0 aliphatic heterocycles. The van der Waals surface area contributed by atoms with Crippen molar-refractivity contribution < 1.29 is 33.7 Å². The fourth-order valence-electron chi connectivity index (χ4n) is 2.81. The molecule has 0 saturated heterocycles. The van der Waals surface area contributed by atoms with Gasteiger partial charge in [-0.2, -0.15) is 4.89 Å². The second-order valence-corrected chi connectivity index (χ2v) is 8.79. The summed E-state index contributed by atoms with van der Waals surface area (Å²) in [4.78, 5) is 52.0. The number of methoxy groups -OCH3 is 1. The zero-order valence-corrected chi connectivity index (χ0v) is 23.9. The summed E-state index contributed by atoms with van der Waals surface area (Å²) in [5.41, 5.74) is 1.56. The molecule has 0 aliphatic rings. The molecule has 1 rings (SSSR count). The van der Waals surface area contributed by atoms with Crippen molar-refractivity contribution in [1.82, 2.24) is 16.0 Å². The van der Waals surface area contributed by atoms with Crippen molar-refractivity contribution in [3.63, 3.8) is 0 Å². The van der Waals surface area contributed by atoms with E-state index in [0.29, 0.717) is 18.1 Å². The molecule has 1 aromatic rings. The minimum atomic E-state index is -0.487. The lowest BCUT2D eigenvalue weighted by Crippen LogP contribution is -2.46. The molecule has 1 aromatic carbocycles. The molecule has 1 unspecified atom stereocenters. The summed E-state index contributed by atoms with van der Waals surface area (Å²) in [6, 6.07) is 5.12. The minimum absolute atomic E-state index is 0.0393. The van der Waals surface area contributed by atoms with Gasteiger partial charge in [-0.25, -0.2) is 4.79 Å². The predicted molar refractivity (Wildman–Crippen MR) is 144 cm³/mol. The third-order valence-corrected chi connectivity index (χ3v) is 5.33. The molecular weight excluding hydrogens is 478 g/mol. The van der Waals surface area contributed by atoms with E-state index < -0.39 is 5.97 Å². The van der Waals surface area contributed by atoms with Crippen molar-refractivity contribution in [2.24, 2.45) is 5.92 Å². The quantitative estimate of drug-likeness (QED) is 0.264. The molecule has 212 valence electrons. The summed E-state index contributed by atoms with van der Waals surface area (Å²) < 4.78 is 5.21. The van der Waals surface area contributed by atoms with Crippen molar-refractivity contribution in [2.75, 3.05) is 20.3 Å². The van der Waals surface area contributed by atoms with Crippen LogP contribution < -0.4 is 20.7 Å². The average molecular weight is 526 g/mol. The lowest BCUT2D eigenvalue weighted by molar-refractivity contribution is -0.269. The molecule has 3 N–H and O–H groups in total. The Balaban J connectivity index is 0. The SMILES string of the molecule is C=O.CCCN[C@@H](C)C(=O)N[C@H](C)CC(=O)OOCC.COc1cccc(C(=O)NC(C)C(C)C)c1C. The molecule has 3 atom stereocenters. The second kappa shape index (κ2) is 21.1. The highest BCUT2D eigenvalue weighted by atomic mass is 17.2. The van der Waals surface area contributed by atoms with Gasteiger partial charge in [-0.15, -0.1) is 0 Å². The van der Waals surface area contributed by atoms with Gasteiger partial charge in [0.2, 0.25) is 5.91 Å². The Kier molecular flexibility index (Phi) is 20.7. The minimum Gasteiger partial charge on any atom is -0.496 e. The Morgan fingerprint density at radius 1 is 1.00 bits per heavy atom. The zero-order valence-electron chi connectivity index (χ0n) is 23.9. The summed E-state index contributed by atoms with van der Waals surface area (Å²) >= 11 is 0. The van der Waals surface area contributed by atoms with Crippen LogP contribution in [0.3, 0.4) is 0 Å². The van der Waals surface area contributed by atoms with Gasteiger partial charge in [-0.05, 0) is 65.6 Å². The molecule has 0 spiro atoms. The highest BCUT2D eigenvalue weighted by Gasteiger charge is 2.18. The fourth-order valence-corrected chi connectivity index (χ4v) is 2.81. The fraction of sp³-hybridized carbons (Fsp3) is 0.630. The lowest BCUT2D eigenvalue weighted by atomic mass is 10.0. The second-order valence-electron chi connectivity index (χ2n) is 8.79. The summed E-state index contributed by atoms with van der Waals surface area (Å²) in [6.07, 6.45) is 1.06. The van der Waals surface area contributed by atoms with E-state index in [-0.39, 0.29) is 36.4 Å². The Morgan fingerprint density at radius 3 is 2.14 bits per heavy atom. The lowest BCUT2D eigenvalue weighted by Gasteiger charge is -2.18. The third-order valence-electron chi connectivity index (χ3n) is 5.33. The monoisotopic (exact) mass is 525 g/mol. The number of amides is 2. The van der Waals surface area contributed by atoms with Gasteiger partial charge in [-0.1, -0.05) is 26.8 Å². The molecular formula is C27H47N3O7. The molecule has 37 heavy (non-hydrogen) atoms. The molecule has 2 amide bonds. The zero-order chi connectivity index (χ0) is 29.0. The number of hydrogen-bond donors (Lipinski definition) is 3. The van der Waals surface area contributed by atoms with Crippen LogP contribution in [0.5, 0.6) is 5.75 Å². The summed E-state index contributed by atoms with van der Waals surface area (Å²) in [7, 11) is 1.61. The number of carbonyl (C=O) groups excluding carboxylic acids is 4. The van der Waals surface area contributed by atoms with Crippen LogP contribution in [0.1, 0.15) is 77.2 Å². The Hall–Kier alpha value is -2.98. The maximum absolute atomic E-state index is 12.1. The van der Waals surface area contributed by atoms with Crippen LogP contribution in [0.15, 0.2) is 18.2 Å². The molecule has 0 heterocycles. The van der Waals surface area contributed by atoms with Crippen molar-refractivity contribution in [3.05, 3.63) is 29.3 Å². The Morgan fingerprint density at radius 2 is 1.62 bits per heavy atom. The van der Waals surface area contributed by atoms with Gasteiger partial charge in [0.05, 0.1) is 26.2 Å². The van der Waals surface area contributed by atoms with Crippen molar-refractivity contribution in [1.29, 1.82) is 0 Å². The van der Waals surface area contributed by atoms with E-state index in [1.54, 1.807) is 27.9 Å². The molecule has 0 aliphatic carbocycles. The molecule has 0 radical (unpaired) electrons. The molecule has 0 saturated carbocycles. The summed E-state index contributed by atoms with van der Waals surface area (Å²) in [5.74, 6) is 0.515. The summed E-state index contributed by atoms with van der Waals surface area (Å²) in [5, 5.41) is 8.80. The maximum atomic E-state index is 12.1. The van der Waals surface area contributed by atoms with E-state index in [4.69, 9.17) is 9.53 Å². The smallest absolute Gasteiger partial charge is 0.344 e. The summed E-state index contributed by atoms with van der Waals surface area (Å²) in [6.45, 7) is 18.5. The van der Waals surface area contributed by atoms with Crippen LogP contribution in [0.4, 0.5) is 0 Å². The largest absolute Gasteiger partial charge is 0.496 e. The number of benzene rings is 1. The molecule has 0 bridgehead atoms. The van der Waals surface area contributed by atoms with Gasteiger partial charge in [0.15, 0.2) is 0 Å². The van der Waals surface area contributed by atoms with Crippen LogP contribution in [0, 0.1) is 12.8 Å². The molecule has 10 heteroatoms. The first kappa shape index (κ1) is 36.2. The van der Waals surface area contributed by atoms with Gasteiger partial charge in [0, 0.05) is 23.2 Å². The Labute approximate surface area is 222 Å². The van der Waals surface area contributed by atoms with Gasteiger partial charge in [-0.3, -0.25) is 14.5 Å². The van der Waals surface area contributed by atoms with Crippen molar-refractivity contribution in [2.45, 2.75) is 86.4 Å². The normalized spacial score (nSPS) is 12.5. The average Bonchev–Trinajstić information content (AvgIpc) is 2.87. The van der Waals surface area contributed by atoms with Gasteiger partial charge >= 0.3 is 5.97 Å². The van der Waals surface area contributed by atoms with Crippen LogP contribution in [0.2, 0.25) is 0 Å². The van der Waals surface area contributed by atoms with Crippen molar-refractivity contribution in [3.8, 4) is 5.75 Å². The number of hydrogen-bond acceptors (Lipinski definition) is 8. The maximum Gasteiger partial charge on any atom is 0.344 e. The predicted octanol–water partition coefficient (Wildman–Crippen LogP) is 3.36. The van der Waals surface area contributed by atoms with E-state index in [1.807, 2.05) is 45.8 Å².